The van der Waals surface area contributed by atoms with E-state index in [0.29, 0.717) is 5.92 Å². The van der Waals surface area contributed by atoms with E-state index in [1.165, 1.54) is 17.5 Å². The molecular formula is C13H19NO. The maximum absolute atomic E-state index is 5.81. The molecule has 0 saturated carbocycles. The molecule has 0 bridgehead atoms. The fourth-order valence-corrected chi connectivity index (χ4v) is 2.09. The van der Waals surface area contributed by atoms with Crippen molar-refractivity contribution >= 4 is 0 Å². The molecule has 1 saturated heterocycles. The van der Waals surface area contributed by atoms with Gasteiger partial charge in [-0.1, -0.05) is 6.07 Å². The first-order chi connectivity index (χ1) is 7.24. The fraction of sp³-hybridized carbons (Fsp3) is 0.538. The molecule has 1 N–H and O–H groups in total. The first-order valence-corrected chi connectivity index (χ1v) is 5.66. The monoisotopic (exact) mass is 205 g/mol. The number of hydrogen-bond acceptors (Lipinski definition) is 2. The molecule has 2 rings (SSSR count). The van der Waals surface area contributed by atoms with Gasteiger partial charge in [-0.05, 0) is 50.1 Å². The van der Waals surface area contributed by atoms with Crippen molar-refractivity contribution in [2.45, 2.75) is 20.3 Å². The zero-order valence-electron chi connectivity index (χ0n) is 9.55. The molecule has 0 amide bonds. The fourth-order valence-electron chi connectivity index (χ4n) is 2.09. The van der Waals surface area contributed by atoms with E-state index in [4.69, 9.17) is 4.74 Å². The van der Waals surface area contributed by atoms with Crippen LogP contribution in [0.4, 0.5) is 0 Å². The van der Waals surface area contributed by atoms with Gasteiger partial charge in [0.15, 0.2) is 0 Å². The minimum Gasteiger partial charge on any atom is -0.493 e. The van der Waals surface area contributed by atoms with Gasteiger partial charge in [0.1, 0.15) is 5.75 Å². The summed E-state index contributed by atoms with van der Waals surface area (Å²) < 4.78 is 5.81. The van der Waals surface area contributed by atoms with Crippen molar-refractivity contribution in [1.82, 2.24) is 5.32 Å². The molecule has 2 nitrogen and oxygen atoms in total. The summed E-state index contributed by atoms with van der Waals surface area (Å²) in [6.07, 6.45) is 1.24. The van der Waals surface area contributed by atoms with Crippen LogP contribution in [0.2, 0.25) is 0 Å². The molecule has 2 heteroatoms. The molecule has 1 atom stereocenters. The lowest BCUT2D eigenvalue weighted by Crippen LogP contribution is -2.15. The van der Waals surface area contributed by atoms with Crippen molar-refractivity contribution in [3.8, 4) is 5.75 Å². The SMILES string of the molecule is Cc1cc(C)cc(OC[C@@H]2CCNC2)c1. The maximum atomic E-state index is 5.81. The Kier molecular flexibility index (Phi) is 3.27. The minimum absolute atomic E-state index is 0.686. The van der Waals surface area contributed by atoms with Gasteiger partial charge >= 0.3 is 0 Å². The van der Waals surface area contributed by atoms with Gasteiger partial charge in [0, 0.05) is 12.5 Å². The van der Waals surface area contributed by atoms with E-state index in [9.17, 15) is 0 Å². The van der Waals surface area contributed by atoms with Gasteiger partial charge in [-0.15, -0.1) is 0 Å². The Hall–Kier alpha value is -1.02. The number of ether oxygens (including phenoxy) is 1. The van der Waals surface area contributed by atoms with Crippen LogP contribution in [-0.4, -0.2) is 19.7 Å². The summed E-state index contributed by atoms with van der Waals surface area (Å²) >= 11 is 0. The van der Waals surface area contributed by atoms with Gasteiger partial charge in [-0.3, -0.25) is 0 Å². The lowest BCUT2D eigenvalue weighted by molar-refractivity contribution is 0.260. The third-order valence-corrected chi connectivity index (χ3v) is 2.84. The molecular weight excluding hydrogens is 186 g/mol. The minimum atomic E-state index is 0.686. The first kappa shape index (κ1) is 10.5. The highest BCUT2D eigenvalue weighted by molar-refractivity contribution is 5.32. The highest BCUT2D eigenvalue weighted by Gasteiger charge is 2.14. The predicted molar refractivity (Wildman–Crippen MR) is 62.4 cm³/mol. The number of benzene rings is 1. The number of rotatable bonds is 3. The normalized spacial score (nSPS) is 20.5. The zero-order chi connectivity index (χ0) is 10.7. The summed E-state index contributed by atoms with van der Waals surface area (Å²) in [5.41, 5.74) is 2.55. The van der Waals surface area contributed by atoms with E-state index >= 15 is 0 Å². The van der Waals surface area contributed by atoms with Crippen molar-refractivity contribution in [1.29, 1.82) is 0 Å². The molecule has 0 radical (unpaired) electrons. The molecule has 1 fully saturated rings. The Morgan fingerprint density at radius 3 is 2.60 bits per heavy atom. The maximum Gasteiger partial charge on any atom is 0.119 e. The molecule has 0 aliphatic carbocycles. The average molecular weight is 205 g/mol. The van der Waals surface area contributed by atoms with E-state index < -0.39 is 0 Å². The molecule has 1 aliphatic heterocycles. The summed E-state index contributed by atoms with van der Waals surface area (Å²) in [5, 5.41) is 3.35. The van der Waals surface area contributed by atoms with E-state index in [0.717, 1.165) is 25.4 Å². The number of nitrogens with one attached hydrogen (secondary N) is 1. The van der Waals surface area contributed by atoms with Crippen molar-refractivity contribution in [2.75, 3.05) is 19.7 Å². The second-order valence-corrected chi connectivity index (χ2v) is 4.49. The predicted octanol–water partition coefficient (Wildman–Crippen LogP) is 2.29. The van der Waals surface area contributed by atoms with E-state index in [1.807, 2.05) is 0 Å². The summed E-state index contributed by atoms with van der Waals surface area (Å²) in [4.78, 5) is 0. The van der Waals surface area contributed by atoms with Crippen LogP contribution >= 0.6 is 0 Å². The van der Waals surface area contributed by atoms with Crippen LogP contribution in [0.15, 0.2) is 18.2 Å². The number of aryl methyl sites for hydroxylation is 2. The Bertz CT molecular complexity index is 309. The summed E-state index contributed by atoms with van der Waals surface area (Å²) in [6.45, 7) is 7.30. The standard InChI is InChI=1S/C13H19NO/c1-10-5-11(2)7-13(6-10)15-9-12-3-4-14-8-12/h5-7,12,14H,3-4,8-9H2,1-2H3/t12-/m1/s1. The molecule has 0 aromatic heterocycles. The van der Waals surface area contributed by atoms with Crippen LogP contribution < -0.4 is 10.1 Å². The van der Waals surface area contributed by atoms with Gasteiger partial charge in [-0.2, -0.15) is 0 Å². The molecule has 0 unspecified atom stereocenters. The lowest BCUT2D eigenvalue weighted by Gasteiger charge is -2.11. The molecule has 0 spiro atoms. The second-order valence-electron chi connectivity index (χ2n) is 4.49. The first-order valence-electron chi connectivity index (χ1n) is 5.66. The summed E-state index contributed by atoms with van der Waals surface area (Å²) in [7, 11) is 0. The van der Waals surface area contributed by atoms with Crippen LogP contribution in [0.5, 0.6) is 5.75 Å². The summed E-state index contributed by atoms with van der Waals surface area (Å²) in [5.74, 6) is 1.70. The molecule has 15 heavy (non-hydrogen) atoms. The van der Waals surface area contributed by atoms with Crippen LogP contribution in [0.3, 0.4) is 0 Å². The highest BCUT2D eigenvalue weighted by Crippen LogP contribution is 2.18. The topological polar surface area (TPSA) is 21.3 Å². The average Bonchev–Trinajstić information content (AvgIpc) is 2.65. The zero-order valence-corrected chi connectivity index (χ0v) is 9.55. The van der Waals surface area contributed by atoms with Crippen molar-refractivity contribution in [2.24, 2.45) is 5.92 Å². The molecule has 1 aromatic carbocycles. The van der Waals surface area contributed by atoms with Gasteiger partial charge in [0.2, 0.25) is 0 Å². The molecule has 1 heterocycles. The lowest BCUT2D eigenvalue weighted by atomic mass is 10.1. The van der Waals surface area contributed by atoms with Crippen LogP contribution in [-0.2, 0) is 0 Å². The van der Waals surface area contributed by atoms with Crippen LogP contribution in [0, 0.1) is 19.8 Å². The Balaban J connectivity index is 1.92. The van der Waals surface area contributed by atoms with Crippen LogP contribution in [0.25, 0.3) is 0 Å². The summed E-state index contributed by atoms with van der Waals surface area (Å²) in [6, 6.07) is 6.38. The van der Waals surface area contributed by atoms with Crippen LogP contribution in [0.1, 0.15) is 17.5 Å². The second kappa shape index (κ2) is 4.67. The largest absolute Gasteiger partial charge is 0.493 e. The van der Waals surface area contributed by atoms with Crippen molar-refractivity contribution < 1.29 is 4.74 Å². The van der Waals surface area contributed by atoms with E-state index in [-0.39, 0.29) is 0 Å². The molecule has 1 aliphatic rings. The Labute approximate surface area is 91.6 Å². The smallest absolute Gasteiger partial charge is 0.119 e. The number of hydrogen-bond donors (Lipinski definition) is 1. The Morgan fingerprint density at radius 1 is 1.27 bits per heavy atom. The molecule has 1 aromatic rings. The van der Waals surface area contributed by atoms with Gasteiger partial charge in [0.05, 0.1) is 6.61 Å². The third-order valence-electron chi connectivity index (χ3n) is 2.84. The quantitative estimate of drug-likeness (QED) is 0.817. The van der Waals surface area contributed by atoms with E-state index in [1.54, 1.807) is 0 Å². The van der Waals surface area contributed by atoms with Gasteiger partial charge in [0.25, 0.3) is 0 Å². The third kappa shape index (κ3) is 2.96. The highest BCUT2D eigenvalue weighted by atomic mass is 16.5. The Morgan fingerprint density at radius 2 is 2.00 bits per heavy atom. The van der Waals surface area contributed by atoms with Gasteiger partial charge in [-0.25, -0.2) is 0 Å². The van der Waals surface area contributed by atoms with Gasteiger partial charge < -0.3 is 10.1 Å². The molecule has 82 valence electrons. The van der Waals surface area contributed by atoms with Crippen molar-refractivity contribution in [3.05, 3.63) is 29.3 Å². The van der Waals surface area contributed by atoms with E-state index in [2.05, 4.69) is 37.4 Å². The van der Waals surface area contributed by atoms with Crippen molar-refractivity contribution in [3.63, 3.8) is 0 Å².